The van der Waals surface area contributed by atoms with Crippen LogP contribution >= 0.6 is 11.6 Å². The first-order valence-corrected chi connectivity index (χ1v) is 7.07. The highest BCUT2D eigenvalue weighted by molar-refractivity contribution is 6.31. The molecule has 104 valence electrons. The minimum atomic E-state index is 0.208. The van der Waals surface area contributed by atoms with E-state index in [0.717, 1.165) is 6.42 Å². The molecule has 0 bridgehead atoms. The van der Waals surface area contributed by atoms with Crippen molar-refractivity contribution in [2.75, 3.05) is 5.73 Å². The maximum atomic E-state index is 6.00. The predicted octanol–water partition coefficient (Wildman–Crippen LogP) is 3.66. The van der Waals surface area contributed by atoms with Gasteiger partial charge in [-0.1, -0.05) is 41.0 Å². The first-order valence-electron chi connectivity index (χ1n) is 6.69. The van der Waals surface area contributed by atoms with E-state index in [-0.39, 0.29) is 5.92 Å². The molecule has 0 saturated carbocycles. The van der Waals surface area contributed by atoms with E-state index in [1.54, 1.807) is 18.2 Å². The lowest BCUT2D eigenvalue weighted by Gasteiger charge is -2.27. The van der Waals surface area contributed by atoms with E-state index in [1.807, 2.05) is 12.1 Å². The molecule has 1 aliphatic rings. The van der Waals surface area contributed by atoms with Gasteiger partial charge in [0.2, 0.25) is 0 Å². The van der Waals surface area contributed by atoms with Gasteiger partial charge in [-0.2, -0.15) is 4.98 Å². The summed E-state index contributed by atoms with van der Waals surface area (Å²) >= 11 is 6.00. The Labute approximate surface area is 126 Å². The largest absolute Gasteiger partial charge is 0.398 e. The van der Waals surface area contributed by atoms with Crippen LogP contribution in [0.15, 0.2) is 47.0 Å². The van der Waals surface area contributed by atoms with Gasteiger partial charge >= 0.3 is 0 Å². The van der Waals surface area contributed by atoms with Crippen LogP contribution in [0.2, 0.25) is 5.02 Å². The molecule has 0 aliphatic heterocycles. The number of halogens is 1. The van der Waals surface area contributed by atoms with Crippen LogP contribution in [0.1, 0.15) is 22.9 Å². The minimum absolute atomic E-state index is 0.208. The first-order chi connectivity index (χ1) is 10.2. The maximum Gasteiger partial charge on any atom is 0.260 e. The van der Waals surface area contributed by atoms with Gasteiger partial charge in [0.25, 0.3) is 5.89 Å². The number of fused-ring (bicyclic) bond motifs is 1. The first kappa shape index (κ1) is 12.4. The van der Waals surface area contributed by atoms with Gasteiger partial charge in [-0.25, -0.2) is 0 Å². The van der Waals surface area contributed by atoms with Crippen LogP contribution in [0, 0.1) is 0 Å². The summed E-state index contributed by atoms with van der Waals surface area (Å²) in [5.41, 5.74) is 9.80. The van der Waals surface area contributed by atoms with E-state index in [2.05, 4.69) is 22.3 Å². The maximum absolute atomic E-state index is 6.00. The fourth-order valence-corrected chi connectivity index (χ4v) is 2.86. The molecule has 4 rings (SSSR count). The van der Waals surface area contributed by atoms with E-state index in [4.69, 9.17) is 21.9 Å². The van der Waals surface area contributed by atoms with E-state index in [9.17, 15) is 0 Å². The third-order valence-electron chi connectivity index (χ3n) is 3.85. The zero-order valence-corrected chi connectivity index (χ0v) is 11.8. The lowest BCUT2D eigenvalue weighted by atomic mass is 9.77. The van der Waals surface area contributed by atoms with Crippen molar-refractivity contribution in [2.24, 2.45) is 0 Å². The van der Waals surface area contributed by atoms with Crippen LogP contribution in [-0.4, -0.2) is 10.1 Å². The van der Waals surface area contributed by atoms with E-state index in [0.29, 0.717) is 28.0 Å². The molecular formula is C16H12ClN3O. The van der Waals surface area contributed by atoms with Crippen LogP contribution in [0.3, 0.4) is 0 Å². The number of nitrogen functional groups attached to an aromatic ring is 1. The monoisotopic (exact) mass is 297 g/mol. The number of hydrogen-bond acceptors (Lipinski definition) is 4. The Balaban J connectivity index is 1.70. The standard InChI is InChI=1S/C16H12ClN3O/c17-10-5-6-14(18)13(8-10)16-19-15(20-21-16)12-7-9-3-1-2-4-11(9)12/h1-6,8,12H,7,18H2. The molecule has 1 aliphatic carbocycles. The molecule has 0 spiro atoms. The highest BCUT2D eigenvalue weighted by Gasteiger charge is 2.31. The molecule has 2 N–H and O–H groups in total. The van der Waals surface area contributed by atoms with Crippen molar-refractivity contribution < 1.29 is 4.52 Å². The Hall–Kier alpha value is -2.33. The smallest absolute Gasteiger partial charge is 0.260 e. The molecule has 0 saturated heterocycles. The van der Waals surface area contributed by atoms with E-state index >= 15 is 0 Å². The summed E-state index contributed by atoms with van der Waals surface area (Å²) in [5, 5.41) is 4.69. The third kappa shape index (κ3) is 1.99. The number of nitrogens with two attached hydrogens (primary N) is 1. The lowest BCUT2D eigenvalue weighted by Crippen LogP contribution is -2.19. The van der Waals surface area contributed by atoms with Crippen molar-refractivity contribution in [3.05, 3.63) is 64.4 Å². The Bertz CT molecular complexity index is 828. The molecule has 0 radical (unpaired) electrons. The quantitative estimate of drug-likeness (QED) is 0.733. The number of benzene rings is 2. The number of rotatable bonds is 2. The SMILES string of the molecule is Nc1ccc(Cl)cc1-c1nc(C2Cc3ccccc32)no1. The second-order valence-electron chi connectivity index (χ2n) is 5.14. The zero-order valence-electron chi connectivity index (χ0n) is 11.1. The van der Waals surface area contributed by atoms with Gasteiger partial charge in [0.15, 0.2) is 5.82 Å². The number of anilines is 1. The Morgan fingerprint density at radius 3 is 2.90 bits per heavy atom. The van der Waals surface area contributed by atoms with E-state index in [1.165, 1.54) is 11.1 Å². The fraction of sp³-hybridized carbons (Fsp3) is 0.125. The molecule has 1 atom stereocenters. The van der Waals surface area contributed by atoms with Crippen molar-refractivity contribution in [1.82, 2.24) is 10.1 Å². The van der Waals surface area contributed by atoms with Crippen molar-refractivity contribution >= 4 is 17.3 Å². The fourth-order valence-electron chi connectivity index (χ4n) is 2.69. The van der Waals surface area contributed by atoms with Crippen LogP contribution in [0.5, 0.6) is 0 Å². The Kier molecular flexibility index (Phi) is 2.72. The molecule has 4 nitrogen and oxygen atoms in total. The highest BCUT2D eigenvalue weighted by atomic mass is 35.5. The molecular weight excluding hydrogens is 286 g/mol. The summed E-state index contributed by atoms with van der Waals surface area (Å²) < 4.78 is 5.36. The Morgan fingerprint density at radius 1 is 1.19 bits per heavy atom. The minimum Gasteiger partial charge on any atom is -0.398 e. The summed E-state index contributed by atoms with van der Waals surface area (Å²) in [6, 6.07) is 13.5. The van der Waals surface area contributed by atoms with Gasteiger partial charge in [0.1, 0.15) is 0 Å². The number of nitrogens with zero attached hydrogens (tertiary/aromatic N) is 2. The molecule has 1 unspecified atom stereocenters. The van der Waals surface area contributed by atoms with Crippen LogP contribution in [-0.2, 0) is 6.42 Å². The predicted molar refractivity (Wildman–Crippen MR) is 81.1 cm³/mol. The van der Waals surface area contributed by atoms with Gasteiger partial charge in [-0.3, -0.25) is 0 Å². The van der Waals surface area contributed by atoms with E-state index < -0.39 is 0 Å². The second kappa shape index (κ2) is 4.60. The summed E-state index contributed by atoms with van der Waals surface area (Å²) in [6.07, 6.45) is 0.945. The van der Waals surface area contributed by atoms with Crippen molar-refractivity contribution in [1.29, 1.82) is 0 Å². The summed E-state index contributed by atoms with van der Waals surface area (Å²) in [7, 11) is 0. The molecule has 1 aromatic heterocycles. The average Bonchev–Trinajstić information content (AvgIpc) is 2.92. The van der Waals surface area contributed by atoms with Gasteiger partial charge < -0.3 is 10.3 Å². The second-order valence-corrected chi connectivity index (χ2v) is 5.58. The number of aromatic nitrogens is 2. The molecule has 1 heterocycles. The zero-order chi connectivity index (χ0) is 14.4. The van der Waals surface area contributed by atoms with Crippen LogP contribution in [0.25, 0.3) is 11.5 Å². The van der Waals surface area contributed by atoms with Gasteiger partial charge in [-0.15, -0.1) is 0 Å². The van der Waals surface area contributed by atoms with Crippen molar-refractivity contribution in [3.63, 3.8) is 0 Å². The highest BCUT2D eigenvalue weighted by Crippen LogP contribution is 2.39. The average molecular weight is 298 g/mol. The normalized spacial score (nSPS) is 16.3. The topological polar surface area (TPSA) is 64.9 Å². The molecule has 2 aromatic carbocycles. The molecule has 3 aromatic rings. The molecule has 0 fully saturated rings. The van der Waals surface area contributed by atoms with Gasteiger partial charge in [-0.05, 0) is 35.7 Å². The van der Waals surface area contributed by atoms with Gasteiger partial charge in [0, 0.05) is 10.7 Å². The van der Waals surface area contributed by atoms with Crippen LogP contribution in [0.4, 0.5) is 5.69 Å². The molecule has 21 heavy (non-hydrogen) atoms. The van der Waals surface area contributed by atoms with Crippen molar-refractivity contribution in [2.45, 2.75) is 12.3 Å². The molecule has 5 heteroatoms. The summed E-state index contributed by atoms with van der Waals surface area (Å²) in [6.45, 7) is 0. The Morgan fingerprint density at radius 2 is 2.05 bits per heavy atom. The van der Waals surface area contributed by atoms with Gasteiger partial charge in [0.05, 0.1) is 11.5 Å². The number of hydrogen-bond donors (Lipinski definition) is 1. The third-order valence-corrected chi connectivity index (χ3v) is 4.09. The lowest BCUT2D eigenvalue weighted by molar-refractivity contribution is 0.416. The van der Waals surface area contributed by atoms with Crippen molar-refractivity contribution in [3.8, 4) is 11.5 Å². The summed E-state index contributed by atoms with van der Waals surface area (Å²) in [5.74, 6) is 1.32. The molecule has 0 amide bonds. The summed E-state index contributed by atoms with van der Waals surface area (Å²) in [4.78, 5) is 4.49. The van der Waals surface area contributed by atoms with Crippen LogP contribution < -0.4 is 5.73 Å².